The standard InChI is InChI=1S/C19H22F2N4O4S/c20-15-4-5-17(16(21)13-15)29-14-19(26)23-7-12-30(27,28)25-10-8-24(9-11-25)18-3-1-2-6-22-18/h1-6,13H,7-12,14H2,(H,23,26). The number of sulfonamides is 1. The van der Waals surface area contributed by atoms with Crippen molar-refractivity contribution in [1.82, 2.24) is 14.6 Å². The average molecular weight is 440 g/mol. The lowest BCUT2D eigenvalue weighted by molar-refractivity contribution is -0.123. The Hall–Kier alpha value is -2.79. The number of carbonyl (C=O) groups excluding carboxylic acids is 1. The predicted octanol–water partition coefficient (Wildman–Crippen LogP) is 1.01. The van der Waals surface area contributed by atoms with Gasteiger partial charge in [0.05, 0.1) is 5.75 Å². The number of pyridine rings is 1. The molecular formula is C19H22F2N4O4S. The first kappa shape index (κ1) is 21.9. The fourth-order valence-corrected chi connectivity index (χ4v) is 4.31. The van der Waals surface area contributed by atoms with Gasteiger partial charge >= 0.3 is 0 Å². The van der Waals surface area contributed by atoms with E-state index < -0.39 is 34.2 Å². The lowest BCUT2D eigenvalue weighted by Gasteiger charge is -2.34. The third-order valence-electron chi connectivity index (χ3n) is 4.54. The number of rotatable bonds is 8. The second kappa shape index (κ2) is 9.81. The summed E-state index contributed by atoms with van der Waals surface area (Å²) < 4.78 is 57.7. The quantitative estimate of drug-likeness (QED) is 0.659. The summed E-state index contributed by atoms with van der Waals surface area (Å²) in [6.45, 7) is 1.11. The minimum Gasteiger partial charge on any atom is -0.481 e. The SMILES string of the molecule is O=C(COc1ccc(F)cc1F)NCCS(=O)(=O)N1CCN(c2ccccn2)CC1. The number of hydrogen-bond acceptors (Lipinski definition) is 6. The number of piperazine rings is 1. The Bertz CT molecular complexity index is 968. The van der Waals surface area contributed by atoms with Gasteiger partial charge in [0.15, 0.2) is 18.2 Å². The summed E-state index contributed by atoms with van der Waals surface area (Å²) in [5.74, 6) is -1.99. The Morgan fingerprint density at radius 2 is 1.90 bits per heavy atom. The number of ether oxygens (including phenoxy) is 1. The zero-order valence-corrected chi connectivity index (χ0v) is 16.9. The van der Waals surface area contributed by atoms with E-state index in [0.29, 0.717) is 32.2 Å². The van der Waals surface area contributed by atoms with Gasteiger partial charge in [-0.25, -0.2) is 22.2 Å². The molecule has 2 heterocycles. The molecule has 11 heteroatoms. The van der Waals surface area contributed by atoms with Gasteiger partial charge in [-0.3, -0.25) is 4.79 Å². The largest absolute Gasteiger partial charge is 0.481 e. The van der Waals surface area contributed by atoms with Crippen LogP contribution in [-0.4, -0.2) is 68.7 Å². The second-order valence-corrected chi connectivity index (χ2v) is 8.69. The van der Waals surface area contributed by atoms with Gasteiger partial charge in [-0.15, -0.1) is 0 Å². The number of nitrogens with one attached hydrogen (secondary N) is 1. The third kappa shape index (κ3) is 5.86. The molecule has 0 bridgehead atoms. The van der Waals surface area contributed by atoms with Gasteiger partial charge in [-0.1, -0.05) is 6.07 Å². The van der Waals surface area contributed by atoms with E-state index in [9.17, 15) is 22.0 Å². The Kier molecular flexibility index (Phi) is 7.16. The molecule has 0 saturated carbocycles. The van der Waals surface area contributed by atoms with Crippen molar-refractivity contribution in [3.05, 3.63) is 54.2 Å². The average Bonchev–Trinajstić information content (AvgIpc) is 2.74. The maximum atomic E-state index is 13.5. The molecule has 8 nitrogen and oxygen atoms in total. The number of anilines is 1. The summed E-state index contributed by atoms with van der Waals surface area (Å²) in [4.78, 5) is 18.1. The molecule has 2 aromatic rings. The molecule has 30 heavy (non-hydrogen) atoms. The van der Waals surface area contributed by atoms with Gasteiger partial charge in [0, 0.05) is 45.0 Å². The molecule has 1 aromatic heterocycles. The van der Waals surface area contributed by atoms with Crippen LogP contribution in [0.5, 0.6) is 5.75 Å². The van der Waals surface area contributed by atoms with Crippen molar-refractivity contribution in [2.24, 2.45) is 0 Å². The highest BCUT2D eigenvalue weighted by Gasteiger charge is 2.27. The van der Waals surface area contributed by atoms with Crippen LogP contribution in [0.4, 0.5) is 14.6 Å². The molecule has 1 fully saturated rings. The number of aromatic nitrogens is 1. The number of nitrogens with zero attached hydrogens (tertiary/aromatic N) is 3. The smallest absolute Gasteiger partial charge is 0.257 e. The molecule has 0 spiro atoms. The van der Waals surface area contributed by atoms with Crippen LogP contribution >= 0.6 is 0 Å². The second-order valence-electron chi connectivity index (χ2n) is 6.60. The predicted molar refractivity (Wildman–Crippen MR) is 107 cm³/mol. The minimum absolute atomic E-state index is 0.100. The summed E-state index contributed by atoms with van der Waals surface area (Å²) in [7, 11) is -3.53. The first-order valence-corrected chi connectivity index (χ1v) is 10.9. The summed E-state index contributed by atoms with van der Waals surface area (Å²) in [6, 6.07) is 8.30. The van der Waals surface area contributed by atoms with Gasteiger partial charge in [0.25, 0.3) is 5.91 Å². The zero-order chi connectivity index (χ0) is 21.6. The van der Waals surface area contributed by atoms with Crippen molar-refractivity contribution in [3.63, 3.8) is 0 Å². The molecule has 1 amide bonds. The fraction of sp³-hybridized carbons (Fsp3) is 0.368. The highest BCUT2D eigenvalue weighted by Crippen LogP contribution is 2.17. The van der Waals surface area contributed by atoms with Crippen molar-refractivity contribution in [2.45, 2.75) is 0 Å². The highest BCUT2D eigenvalue weighted by atomic mass is 32.2. The van der Waals surface area contributed by atoms with Crippen LogP contribution in [0, 0.1) is 11.6 Å². The van der Waals surface area contributed by atoms with Gasteiger partial charge in [0.1, 0.15) is 11.6 Å². The third-order valence-corrected chi connectivity index (χ3v) is 6.41. The van der Waals surface area contributed by atoms with Crippen LogP contribution in [0.1, 0.15) is 0 Å². The van der Waals surface area contributed by atoms with E-state index >= 15 is 0 Å². The molecule has 162 valence electrons. The summed E-state index contributed by atoms with van der Waals surface area (Å²) in [6.07, 6.45) is 1.69. The van der Waals surface area contributed by atoms with E-state index in [1.54, 1.807) is 6.20 Å². The molecule has 1 saturated heterocycles. The van der Waals surface area contributed by atoms with Crippen LogP contribution in [0.25, 0.3) is 0 Å². The minimum atomic E-state index is -3.53. The highest BCUT2D eigenvalue weighted by molar-refractivity contribution is 7.89. The Balaban J connectivity index is 1.40. The molecule has 3 rings (SSSR count). The van der Waals surface area contributed by atoms with E-state index in [1.807, 2.05) is 23.1 Å². The molecule has 1 aromatic carbocycles. The Morgan fingerprint density at radius 3 is 2.57 bits per heavy atom. The Labute approximate surface area is 173 Å². The van der Waals surface area contributed by atoms with E-state index in [1.165, 1.54) is 4.31 Å². The summed E-state index contributed by atoms with van der Waals surface area (Å²) in [5, 5.41) is 2.43. The van der Waals surface area contributed by atoms with Crippen LogP contribution < -0.4 is 15.0 Å². The van der Waals surface area contributed by atoms with Crippen LogP contribution in [0.15, 0.2) is 42.6 Å². The maximum absolute atomic E-state index is 13.5. The molecule has 1 N–H and O–H groups in total. The number of carbonyl (C=O) groups is 1. The van der Waals surface area contributed by atoms with Crippen molar-refractivity contribution in [3.8, 4) is 5.75 Å². The van der Waals surface area contributed by atoms with E-state index in [-0.39, 0.29) is 18.0 Å². The number of halogens is 2. The van der Waals surface area contributed by atoms with Gasteiger partial charge in [0.2, 0.25) is 10.0 Å². The van der Waals surface area contributed by atoms with Gasteiger partial charge in [-0.05, 0) is 24.3 Å². The van der Waals surface area contributed by atoms with E-state index in [0.717, 1.165) is 18.0 Å². The van der Waals surface area contributed by atoms with Gasteiger partial charge in [-0.2, -0.15) is 4.31 Å². The van der Waals surface area contributed by atoms with Crippen LogP contribution in [0.2, 0.25) is 0 Å². The monoisotopic (exact) mass is 440 g/mol. The molecule has 1 aliphatic rings. The molecular weight excluding hydrogens is 418 g/mol. The molecule has 0 radical (unpaired) electrons. The van der Waals surface area contributed by atoms with Gasteiger partial charge < -0.3 is 15.0 Å². The van der Waals surface area contributed by atoms with E-state index in [2.05, 4.69) is 10.3 Å². The molecule has 0 aliphatic carbocycles. The lowest BCUT2D eigenvalue weighted by atomic mass is 10.3. The molecule has 0 unspecified atom stereocenters. The molecule has 0 atom stereocenters. The lowest BCUT2D eigenvalue weighted by Crippen LogP contribution is -2.50. The maximum Gasteiger partial charge on any atom is 0.257 e. The topological polar surface area (TPSA) is 91.8 Å². The van der Waals surface area contributed by atoms with Crippen LogP contribution in [0.3, 0.4) is 0 Å². The van der Waals surface area contributed by atoms with Crippen molar-refractivity contribution >= 4 is 21.7 Å². The van der Waals surface area contributed by atoms with Crippen molar-refractivity contribution in [2.75, 3.05) is 50.0 Å². The summed E-state index contributed by atoms with van der Waals surface area (Å²) in [5.41, 5.74) is 0. The Morgan fingerprint density at radius 1 is 1.13 bits per heavy atom. The van der Waals surface area contributed by atoms with Crippen LogP contribution in [-0.2, 0) is 14.8 Å². The van der Waals surface area contributed by atoms with E-state index in [4.69, 9.17) is 4.74 Å². The first-order chi connectivity index (χ1) is 14.3. The van der Waals surface area contributed by atoms with Crippen molar-refractivity contribution in [1.29, 1.82) is 0 Å². The number of benzene rings is 1. The number of amides is 1. The zero-order valence-electron chi connectivity index (χ0n) is 16.1. The first-order valence-electron chi connectivity index (χ1n) is 9.33. The number of hydrogen-bond donors (Lipinski definition) is 1. The fourth-order valence-electron chi connectivity index (χ4n) is 2.97. The van der Waals surface area contributed by atoms with Crippen molar-refractivity contribution < 1.29 is 26.7 Å². The molecule has 1 aliphatic heterocycles. The normalized spacial score (nSPS) is 15.1. The summed E-state index contributed by atoms with van der Waals surface area (Å²) >= 11 is 0.